The van der Waals surface area contributed by atoms with Crippen LogP contribution in [0.25, 0.3) is 0 Å². The van der Waals surface area contributed by atoms with Crippen molar-refractivity contribution in [1.29, 1.82) is 0 Å². The predicted molar refractivity (Wildman–Crippen MR) is 126 cm³/mol. The summed E-state index contributed by atoms with van der Waals surface area (Å²) in [5.41, 5.74) is 5.01. The number of nitrogens with one attached hydrogen (secondary N) is 3. The van der Waals surface area contributed by atoms with Crippen LogP contribution in [0.3, 0.4) is 0 Å². The Hall–Kier alpha value is -2.05. The van der Waals surface area contributed by atoms with Gasteiger partial charge in [0.15, 0.2) is 0 Å². The second-order valence-corrected chi connectivity index (χ2v) is 11.3. The number of rotatable bonds is 4. The average molecular weight is 440 g/mol. The van der Waals surface area contributed by atoms with Crippen LogP contribution < -0.4 is 15.4 Å². The molecule has 2 aliphatic heterocycles. The molecule has 3 N–H and O–H groups in total. The lowest BCUT2D eigenvalue weighted by Crippen LogP contribution is -2.43. The van der Waals surface area contributed by atoms with Crippen molar-refractivity contribution in [1.82, 2.24) is 5.32 Å². The maximum atomic E-state index is 13.1. The SMILES string of the molecule is Cc1ccc(NS(=O)(=O)c2ccc3c(c2)C2NCCC2C(C2CCCCC2)N3)cc1C. The van der Waals surface area contributed by atoms with Gasteiger partial charge in [0.2, 0.25) is 0 Å². The number of fused-ring (bicyclic) bond motifs is 3. The molecule has 3 atom stereocenters. The summed E-state index contributed by atoms with van der Waals surface area (Å²) in [6, 6.07) is 12.0. The largest absolute Gasteiger partial charge is 0.381 e. The highest BCUT2D eigenvalue weighted by Crippen LogP contribution is 2.46. The Kier molecular flexibility index (Phi) is 5.47. The van der Waals surface area contributed by atoms with Gasteiger partial charge in [-0.05, 0) is 92.6 Å². The summed E-state index contributed by atoms with van der Waals surface area (Å²) in [4.78, 5) is 0.329. The molecule has 1 saturated heterocycles. The molecule has 5 nitrogen and oxygen atoms in total. The molecule has 2 fully saturated rings. The normalized spacial score (nSPS) is 26.1. The van der Waals surface area contributed by atoms with Crippen molar-refractivity contribution in [2.24, 2.45) is 11.8 Å². The first-order valence-electron chi connectivity index (χ1n) is 11.7. The molecule has 0 spiro atoms. The Morgan fingerprint density at radius 2 is 1.74 bits per heavy atom. The minimum absolute atomic E-state index is 0.236. The van der Waals surface area contributed by atoms with Gasteiger partial charge in [0.05, 0.1) is 4.90 Å². The summed E-state index contributed by atoms with van der Waals surface area (Å²) < 4.78 is 29.0. The summed E-state index contributed by atoms with van der Waals surface area (Å²) in [5, 5.41) is 7.50. The van der Waals surface area contributed by atoms with Crippen molar-refractivity contribution >= 4 is 21.4 Å². The lowest BCUT2D eigenvalue weighted by Gasteiger charge is -2.42. The maximum absolute atomic E-state index is 13.1. The molecule has 0 aromatic heterocycles. The molecule has 1 saturated carbocycles. The first kappa shape index (κ1) is 20.8. The van der Waals surface area contributed by atoms with Gasteiger partial charge in [-0.15, -0.1) is 0 Å². The monoisotopic (exact) mass is 439 g/mol. The minimum atomic E-state index is -3.64. The standard InChI is InChI=1S/C25H33N3O2S/c1-16-8-9-19(14-17(16)2)28-31(29,30)20-10-11-23-22(15-20)25-21(12-13-26-25)24(27-23)18-6-4-3-5-7-18/h8-11,14-15,18,21,24-28H,3-7,12-13H2,1-2H3. The molecule has 2 aromatic rings. The van der Waals surface area contributed by atoms with Gasteiger partial charge in [0.25, 0.3) is 10.0 Å². The van der Waals surface area contributed by atoms with Gasteiger partial charge in [0, 0.05) is 29.4 Å². The maximum Gasteiger partial charge on any atom is 0.261 e. The number of sulfonamides is 1. The Labute approximate surface area is 186 Å². The van der Waals surface area contributed by atoms with Crippen LogP contribution in [0.5, 0.6) is 0 Å². The number of anilines is 2. The van der Waals surface area contributed by atoms with Gasteiger partial charge in [-0.3, -0.25) is 4.72 Å². The van der Waals surface area contributed by atoms with Gasteiger partial charge in [-0.1, -0.05) is 25.3 Å². The van der Waals surface area contributed by atoms with Crippen LogP contribution in [-0.4, -0.2) is 21.0 Å². The fourth-order valence-electron chi connectivity index (χ4n) is 5.81. The first-order chi connectivity index (χ1) is 14.9. The van der Waals surface area contributed by atoms with Crippen LogP contribution in [0, 0.1) is 25.7 Å². The molecular formula is C25H33N3O2S. The summed E-state index contributed by atoms with van der Waals surface area (Å²) in [6.45, 7) is 5.01. The van der Waals surface area contributed by atoms with E-state index in [0.717, 1.165) is 41.3 Å². The fraction of sp³-hybridized carbons (Fsp3) is 0.520. The van der Waals surface area contributed by atoms with E-state index in [4.69, 9.17) is 0 Å². The second-order valence-electron chi connectivity index (χ2n) is 9.61. The number of hydrogen-bond donors (Lipinski definition) is 3. The molecule has 5 rings (SSSR count). The van der Waals surface area contributed by atoms with Crippen LogP contribution >= 0.6 is 0 Å². The van der Waals surface area contributed by atoms with Crippen LogP contribution in [-0.2, 0) is 10.0 Å². The molecule has 31 heavy (non-hydrogen) atoms. The highest BCUT2D eigenvalue weighted by molar-refractivity contribution is 7.92. The summed E-state index contributed by atoms with van der Waals surface area (Å²) in [6.07, 6.45) is 7.80. The molecule has 3 unspecified atom stereocenters. The summed E-state index contributed by atoms with van der Waals surface area (Å²) in [7, 11) is -3.64. The van der Waals surface area contributed by atoms with Gasteiger partial charge >= 0.3 is 0 Å². The van der Waals surface area contributed by atoms with Gasteiger partial charge < -0.3 is 10.6 Å². The molecule has 0 radical (unpaired) electrons. The molecule has 0 amide bonds. The number of benzene rings is 2. The van der Waals surface area contributed by atoms with E-state index in [-0.39, 0.29) is 6.04 Å². The topological polar surface area (TPSA) is 70.2 Å². The lowest BCUT2D eigenvalue weighted by atomic mass is 9.73. The summed E-state index contributed by atoms with van der Waals surface area (Å²) in [5.74, 6) is 1.26. The van der Waals surface area contributed by atoms with Crippen LogP contribution in [0.4, 0.5) is 11.4 Å². The van der Waals surface area contributed by atoms with E-state index in [9.17, 15) is 8.42 Å². The number of hydrogen-bond acceptors (Lipinski definition) is 4. The Morgan fingerprint density at radius 1 is 0.935 bits per heavy atom. The molecule has 1 aliphatic carbocycles. The minimum Gasteiger partial charge on any atom is -0.381 e. The van der Waals surface area contributed by atoms with Crippen LogP contribution in [0.15, 0.2) is 41.3 Å². The Morgan fingerprint density at radius 3 is 2.52 bits per heavy atom. The Balaban J connectivity index is 1.43. The highest BCUT2D eigenvalue weighted by atomic mass is 32.2. The highest BCUT2D eigenvalue weighted by Gasteiger charge is 2.43. The van der Waals surface area contributed by atoms with E-state index in [0.29, 0.717) is 22.5 Å². The quantitative estimate of drug-likeness (QED) is 0.618. The summed E-state index contributed by atoms with van der Waals surface area (Å²) >= 11 is 0. The second kappa shape index (κ2) is 8.14. The third-order valence-corrected chi connectivity index (χ3v) is 9.02. The molecule has 166 valence electrons. The van der Waals surface area contributed by atoms with Gasteiger partial charge in [-0.25, -0.2) is 8.42 Å². The molecule has 2 heterocycles. The van der Waals surface area contributed by atoms with Crippen LogP contribution in [0.1, 0.15) is 61.3 Å². The van der Waals surface area contributed by atoms with Crippen molar-refractivity contribution < 1.29 is 8.42 Å². The smallest absolute Gasteiger partial charge is 0.261 e. The zero-order valence-corrected chi connectivity index (χ0v) is 19.3. The Bertz CT molecular complexity index is 1080. The van der Waals surface area contributed by atoms with E-state index in [1.54, 1.807) is 6.07 Å². The fourth-order valence-corrected chi connectivity index (χ4v) is 6.90. The van der Waals surface area contributed by atoms with E-state index in [1.165, 1.54) is 32.1 Å². The van der Waals surface area contributed by atoms with E-state index in [1.807, 2.05) is 44.2 Å². The predicted octanol–water partition coefficient (Wildman–Crippen LogP) is 5.13. The average Bonchev–Trinajstić information content (AvgIpc) is 3.26. The zero-order chi connectivity index (χ0) is 21.6. The molecular weight excluding hydrogens is 406 g/mol. The molecule has 0 bridgehead atoms. The lowest BCUT2D eigenvalue weighted by molar-refractivity contribution is 0.239. The zero-order valence-electron chi connectivity index (χ0n) is 18.4. The molecule has 2 aromatic carbocycles. The van der Waals surface area contributed by atoms with Crippen molar-refractivity contribution in [3.8, 4) is 0 Å². The van der Waals surface area contributed by atoms with Gasteiger partial charge in [-0.2, -0.15) is 0 Å². The van der Waals surface area contributed by atoms with Crippen molar-refractivity contribution in [2.45, 2.75) is 69.4 Å². The van der Waals surface area contributed by atoms with E-state index >= 15 is 0 Å². The van der Waals surface area contributed by atoms with Crippen molar-refractivity contribution in [3.63, 3.8) is 0 Å². The number of aryl methyl sites for hydroxylation is 2. The van der Waals surface area contributed by atoms with Crippen molar-refractivity contribution in [3.05, 3.63) is 53.1 Å². The van der Waals surface area contributed by atoms with Crippen molar-refractivity contribution in [2.75, 3.05) is 16.6 Å². The van der Waals surface area contributed by atoms with E-state index in [2.05, 4.69) is 15.4 Å². The van der Waals surface area contributed by atoms with Crippen LogP contribution in [0.2, 0.25) is 0 Å². The third-order valence-electron chi connectivity index (χ3n) is 7.64. The third kappa shape index (κ3) is 3.96. The van der Waals surface area contributed by atoms with E-state index < -0.39 is 10.0 Å². The molecule has 3 aliphatic rings. The molecule has 6 heteroatoms. The van der Waals surface area contributed by atoms with Gasteiger partial charge in [0.1, 0.15) is 0 Å². The first-order valence-corrected chi connectivity index (χ1v) is 13.1.